The average molecular weight is 393 g/mol. The Morgan fingerprint density at radius 2 is 1.84 bits per heavy atom. The molecule has 0 radical (unpaired) electrons. The first-order chi connectivity index (χ1) is 8.90. The Morgan fingerprint density at radius 3 is 2.32 bits per heavy atom. The van der Waals surface area contributed by atoms with Gasteiger partial charge in [-0.2, -0.15) is 0 Å². The molecule has 1 aliphatic rings. The molecule has 2 rings (SSSR count). The van der Waals surface area contributed by atoms with Gasteiger partial charge in [0.1, 0.15) is 5.75 Å². The van der Waals surface area contributed by atoms with E-state index < -0.39 is 11.9 Å². The van der Waals surface area contributed by atoms with Crippen LogP contribution >= 0.6 is 31.9 Å². The summed E-state index contributed by atoms with van der Waals surface area (Å²) in [6.07, 6.45) is 0.474. The van der Waals surface area contributed by atoms with Gasteiger partial charge in [-0.05, 0) is 50.4 Å². The predicted octanol–water partition coefficient (Wildman–Crippen LogP) is 2.46. The number of rotatable bonds is 2. The van der Waals surface area contributed by atoms with E-state index in [0.29, 0.717) is 27.5 Å². The van der Waals surface area contributed by atoms with Gasteiger partial charge in [-0.3, -0.25) is 9.59 Å². The van der Waals surface area contributed by atoms with Crippen molar-refractivity contribution in [3.8, 4) is 5.75 Å². The molecule has 0 aromatic heterocycles. The number of aromatic hydroxyl groups is 1. The summed E-state index contributed by atoms with van der Waals surface area (Å²) in [6.45, 7) is 0.663. The van der Waals surface area contributed by atoms with Crippen molar-refractivity contribution in [1.29, 1.82) is 0 Å². The van der Waals surface area contributed by atoms with Crippen molar-refractivity contribution < 1.29 is 19.8 Å². The van der Waals surface area contributed by atoms with Gasteiger partial charge in [0.2, 0.25) is 0 Å². The number of amides is 1. The zero-order chi connectivity index (χ0) is 14.2. The Kier molecular flexibility index (Phi) is 4.15. The maximum atomic E-state index is 12.2. The molecule has 1 unspecified atom stereocenters. The Morgan fingerprint density at radius 1 is 1.26 bits per heavy atom. The van der Waals surface area contributed by atoms with Gasteiger partial charge in [0, 0.05) is 18.7 Å². The molecule has 1 amide bonds. The van der Waals surface area contributed by atoms with Crippen LogP contribution in [-0.4, -0.2) is 40.1 Å². The van der Waals surface area contributed by atoms with Crippen LogP contribution in [-0.2, 0) is 4.79 Å². The second kappa shape index (κ2) is 5.50. The van der Waals surface area contributed by atoms with Crippen LogP contribution in [0, 0.1) is 5.92 Å². The van der Waals surface area contributed by atoms with E-state index in [-0.39, 0.29) is 18.2 Å². The van der Waals surface area contributed by atoms with Crippen LogP contribution < -0.4 is 0 Å². The SMILES string of the molecule is O=C(O)C1CCN(C(=O)c2cc(Br)c(O)c(Br)c2)C1. The van der Waals surface area contributed by atoms with Gasteiger partial charge in [0.25, 0.3) is 5.91 Å². The van der Waals surface area contributed by atoms with Crippen LogP contribution in [0.4, 0.5) is 0 Å². The second-order valence-electron chi connectivity index (χ2n) is 4.36. The van der Waals surface area contributed by atoms with E-state index in [1.807, 2.05) is 0 Å². The Hall–Kier alpha value is -1.08. The molecular formula is C12H11Br2NO4. The minimum atomic E-state index is -0.872. The first kappa shape index (κ1) is 14.3. The second-order valence-corrected chi connectivity index (χ2v) is 6.07. The zero-order valence-corrected chi connectivity index (χ0v) is 12.9. The van der Waals surface area contributed by atoms with Crippen molar-refractivity contribution >= 4 is 43.7 Å². The summed E-state index contributed by atoms with van der Waals surface area (Å²) in [5.74, 6) is -1.57. The number of carbonyl (C=O) groups excluding carboxylic acids is 1. The van der Waals surface area contributed by atoms with E-state index in [4.69, 9.17) is 5.11 Å². The van der Waals surface area contributed by atoms with Crippen LogP contribution in [0.3, 0.4) is 0 Å². The molecule has 1 saturated heterocycles. The van der Waals surface area contributed by atoms with Gasteiger partial charge >= 0.3 is 5.97 Å². The molecule has 7 heteroatoms. The topological polar surface area (TPSA) is 77.8 Å². The van der Waals surface area contributed by atoms with Crippen molar-refractivity contribution in [3.05, 3.63) is 26.6 Å². The molecular weight excluding hydrogens is 382 g/mol. The van der Waals surface area contributed by atoms with Gasteiger partial charge in [-0.25, -0.2) is 0 Å². The molecule has 0 aliphatic carbocycles. The predicted molar refractivity (Wildman–Crippen MR) is 75.2 cm³/mol. The quantitative estimate of drug-likeness (QED) is 0.810. The number of carbonyl (C=O) groups is 2. The molecule has 1 aromatic carbocycles. The fourth-order valence-electron chi connectivity index (χ4n) is 2.02. The van der Waals surface area contributed by atoms with E-state index in [1.54, 1.807) is 0 Å². The lowest BCUT2D eigenvalue weighted by molar-refractivity contribution is -0.141. The van der Waals surface area contributed by atoms with Crippen molar-refractivity contribution in [2.24, 2.45) is 5.92 Å². The number of nitrogens with zero attached hydrogens (tertiary/aromatic N) is 1. The van der Waals surface area contributed by atoms with Crippen molar-refractivity contribution in [2.75, 3.05) is 13.1 Å². The number of aliphatic carboxylic acids is 1. The normalized spacial score (nSPS) is 18.6. The maximum absolute atomic E-state index is 12.2. The molecule has 0 saturated carbocycles. The number of halogens is 2. The number of hydrogen-bond acceptors (Lipinski definition) is 3. The van der Waals surface area contributed by atoms with Crippen LogP contribution in [0.5, 0.6) is 5.75 Å². The van der Waals surface area contributed by atoms with Gasteiger partial charge in [-0.1, -0.05) is 0 Å². The lowest BCUT2D eigenvalue weighted by atomic mass is 10.1. The molecule has 1 aromatic rings. The largest absolute Gasteiger partial charge is 0.506 e. The summed E-state index contributed by atoms with van der Waals surface area (Å²) < 4.78 is 0.832. The Bertz CT molecular complexity index is 524. The smallest absolute Gasteiger partial charge is 0.308 e. The van der Waals surface area contributed by atoms with Crippen molar-refractivity contribution in [1.82, 2.24) is 4.90 Å². The van der Waals surface area contributed by atoms with Gasteiger partial charge < -0.3 is 15.1 Å². The molecule has 1 atom stereocenters. The van der Waals surface area contributed by atoms with E-state index in [0.717, 1.165) is 0 Å². The third-order valence-electron chi connectivity index (χ3n) is 3.09. The van der Waals surface area contributed by atoms with E-state index in [2.05, 4.69) is 31.9 Å². The highest BCUT2D eigenvalue weighted by Crippen LogP contribution is 2.34. The molecule has 19 heavy (non-hydrogen) atoms. The highest BCUT2D eigenvalue weighted by Gasteiger charge is 2.31. The zero-order valence-electron chi connectivity index (χ0n) is 9.77. The number of likely N-dealkylation sites (tertiary alicyclic amines) is 1. The highest BCUT2D eigenvalue weighted by atomic mass is 79.9. The summed E-state index contributed by atoms with van der Waals surface area (Å²) in [6, 6.07) is 3.05. The van der Waals surface area contributed by atoms with Crippen LogP contribution in [0.1, 0.15) is 16.8 Å². The van der Waals surface area contributed by atoms with Crippen LogP contribution in [0.2, 0.25) is 0 Å². The summed E-state index contributed by atoms with van der Waals surface area (Å²) in [5, 5.41) is 18.5. The highest BCUT2D eigenvalue weighted by molar-refractivity contribution is 9.11. The van der Waals surface area contributed by atoms with E-state index in [1.165, 1.54) is 17.0 Å². The van der Waals surface area contributed by atoms with Crippen LogP contribution in [0.15, 0.2) is 21.1 Å². The molecule has 102 valence electrons. The third kappa shape index (κ3) is 2.92. The minimum absolute atomic E-state index is 0.0291. The standard InChI is InChI=1S/C12H11Br2NO4/c13-8-3-7(4-9(14)10(8)16)11(17)15-2-1-6(5-15)12(18)19/h3-4,6,16H,1-2,5H2,(H,18,19). The Balaban J connectivity index is 2.19. The van der Waals surface area contributed by atoms with Crippen LogP contribution in [0.25, 0.3) is 0 Å². The number of hydrogen-bond donors (Lipinski definition) is 2. The lowest BCUT2D eigenvalue weighted by Crippen LogP contribution is -2.29. The summed E-state index contributed by atoms with van der Waals surface area (Å²) in [5.41, 5.74) is 0.405. The number of phenolic OH excluding ortho intramolecular Hbond substituents is 1. The fraction of sp³-hybridized carbons (Fsp3) is 0.333. The number of phenols is 1. The third-order valence-corrected chi connectivity index (χ3v) is 4.30. The van der Waals surface area contributed by atoms with Gasteiger partial charge in [0.15, 0.2) is 0 Å². The van der Waals surface area contributed by atoms with Gasteiger partial charge in [0.05, 0.1) is 14.9 Å². The number of carboxylic acids is 1. The first-order valence-corrected chi connectivity index (χ1v) is 7.19. The first-order valence-electron chi connectivity index (χ1n) is 5.60. The molecule has 0 spiro atoms. The molecule has 5 nitrogen and oxygen atoms in total. The van der Waals surface area contributed by atoms with Crippen molar-refractivity contribution in [2.45, 2.75) is 6.42 Å². The van der Waals surface area contributed by atoms with Gasteiger partial charge in [-0.15, -0.1) is 0 Å². The summed E-state index contributed by atoms with van der Waals surface area (Å²) >= 11 is 6.33. The number of benzene rings is 1. The molecule has 1 aliphatic heterocycles. The molecule has 1 heterocycles. The maximum Gasteiger partial charge on any atom is 0.308 e. The Labute approximate surface area is 126 Å². The fourth-order valence-corrected chi connectivity index (χ4v) is 3.20. The lowest BCUT2D eigenvalue weighted by Gasteiger charge is -2.16. The minimum Gasteiger partial charge on any atom is -0.506 e. The number of carboxylic acid groups (broad SMARTS) is 1. The summed E-state index contributed by atoms with van der Waals surface area (Å²) in [7, 11) is 0. The van der Waals surface area contributed by atoms with E-state index in [9.17, 15) is 14.7 Å². The summed E-state index contributed by atoms with van der Waals surface area (Å²) in [4.78, 5) is 24.6. The molecule has 0 bridgehead atoms. The van der Waals surface area contributed by atoms with E-state index >= 15 is 0 Å². The average Bonchev–Trinajstić information content (AvgIpc) is 2.84. The molecule has 1 fully saturated rings. The molecule has 2 N–H and O–H groups in total. The van der Waals surface area contributed by atoms with Crippen molar-refractivity contribution in [3.63, 3.8) is 0 Å². The monoisotopic (exact) mass is 391 g/mol.